The molecule has 0 fully saturated rings. The van der Waals surface area contributed by atoms with Crippen LogP contribution >= 0.6 is 28.6 Å². The van der Waals surface area contributed by atoms with Gasteiger partial charge in [-0.05, 0) is 53.3 Å². The van der Waals surface area contributed by atoms with Gasteiger partial charge in [-0.15, -0.1) is 0 Å². The van der Waals surface area contributed by atoms with Gasteiger partial charge in [0, 0.05) is 0 Å². The minimum absolute atomic E-state index is 1.45. The Hall–Kier alpha value is 0.920. The maximum atomic E-state index is 12.7. The standard InChI is InChI=1S/C9H24O4P4/c1-14(2,10)9(15(3,4)11,16(5,6)12)17(7,8)13/h1-8H3. The lowest BCUT2D eigenvalue weighted by molar-refractivity contribution is 0.553. The molecule has 0 aromatic rings. The van der Waals surface area contributed by atoms with Gasteiger partial charge in [0.2, 0.25) is 0 Å². The lowest BCUT2D eigenvalue weighted by atomic mass is 11.7. The van der Waals surface area contributed by atoms with Crippen molar-refractivity contribution in [2.45, 2.75) is 4.38 Å². The van der Waals surface area contributed by atoms with Crippen molar-refractivity contribution in [2.24, 2.45) is 0 Å². The van der Waals surface area contributed by atoms with Gasteiger partial charge in [-0.3, -0.25) is 0 Å². The Labute approximate surface area is 105 Å². The third-order valence-electron chi connectivity index (χ3n) is 2.89. The molecular formula is C9H24O4P4. The lowest BCUT2D eigenvalue weighted by Gasteiger charge is -2.46. The molecule has 0 spiro atoms. The van der Waals surface area contributed by atoms with Crippen LogP contribution in [0.1, 0.15) is 0 Å². The van der Waals surface area contributed by atoms with Crippen molar-refractivity contribution in [1.82, 2.24) is 0 Å². The molecular weight excluding hydrogens is 296 g/mol. The lowest BCUT2D eigenvalue weighted by Crippen LogP contribution is -2.27. The molecule has 17 heavy (non-hydrogen) atoms. The highest BCUT2D eigenvalue weighted by Gasteiger charge is 2.66. The molecule has 0 saturated carbocycles. The molecule has 104 valence electrons. The Bertz CT molecular complexity index is 390. The van der Waals surface area contributed by atoms with Crippen LogP contribution in [-0.2, 0) is 18.3 Å². The number of rotatable bonds is 4. The summed E-state index contributed by atoms with van der Waals surface area (Å²) in [7, 11) is -12.2. The van der Waals surface area contributed by atoms with Crippen molar-refractivity contribution in [3.63, 3.8) is 0 Å². The zero-order chi connectivity index (χ0) is 14.5. The van der Waals surface area contributed by atoms with E-state index in [-0.39, 0.29) is 0 Å². The minimum atomic E-state index is -3.06. The molecule has 0 heterocycles. The largest absolute Gasteiger partial charge is 0.322 e. The molecule has 0 rings (SSSR count). The fraction of sp³-hybridized carbons (Fsp3) is 1.00. The van der Waals surface area contributed by atoms with Crippen LogP contribution in [0.15, 0.2) is 0 Å². The van der Waals surface area contributed by atoms with E-state index < -0.39 is 32.9 Å². The van der Waals surface area contributed by atoms with E-state index >= 15 is 0 Å². The SMILES string of the molecule is CP(C)(=O)C(P(C)(C)=O)(P(C)(C)=O)P(C)(C)=O. The fourth-order valence-corrected chi connectivity index (χ4v) is 31.3. The average Bonchev–Trinajstić information content (AvgIpc) is 1.67. The first-order chi connectivity index (χ1) is 7.00. The van der Waals surface area contributed by atoms with Gasteiger partial charge in [0.25, 0.3) is 0 Å². The van der Waals surface area contributed by atoms with E-state index in [1.54, 1.807) is 0 Å². The molecule has 8 heteroatoms. The Morgan fingerprint density at radius 3 is 0.588 bits per heavy atom. The molecule has 0 radical (unpaired) electrons. The van der Waals surface area contributed by atoms with E-state index in [9.17, 15) is 18.3 Å². The van der Waals surface area contributed by atoms with Gasteiger partial charge in [-0.1, -0.05) is 0 Å². The summed E-state index contributed by atoms with van der Waals surface area (Å²) in [4.78, 5) is 0. The zero-order valence-corrected chi connectivity index (χ0v) is 15.5. The van der Waals surface area contributed by atoms with E-state index in [1.165, 1.54) is 53.3 Å². The van der Waals surface area contributed by atoms with Crippen molar-refractivity contribution in [1.29, 1.82) is 0 Å². The molecule has 0 amide bonds. The van der Waals surface area contributed by atoms with E-state index in [0.717, 1.165) is 0 Å². The van der Waals surface area contributed by atoms with E-state index in [0.29, 0.717) is 0 Å². The van der Waals surface area contributed by atoms with Gasteiger partial charge in [0.15, 0.2) is 4.38 Å². The van der Waals surface area contributed by atoms with Crippen LogP contribution in [0.2, 0.25) is 0 Å². The Morgan fingerprint density at radius 2 is 0.588 bits per heavy atom. The first kappa shape index (κ1) is 17.9. The van der Waals surface area contributed by atoms with E-state index in [4.69, 9.17) is 0 Å². The number of hydrogen-bond donors (Lipinski definition) is 0. The minimum Gasteiger partial charge on any atom is -0.322 e. The maximum Gasteiger partial charge on any atom is 0.180 e. The Kier molecular flexibility index (Phi) is 4.73. The third kappa shape index (κ3) is 2.76. The zero-order valence-electron chi connectivity index (χ0n) is 11.9. The molecule has 4 nitrogen and oxygen atoms in total. The van der Waals surface area contributed by atoms with Crippen molar-refractivity contribution < 1.29 is 18.3 Å². The molecule has 0 aliphatic carbocycles. The van der Waals surface area contributed by atoms with Crippen LogP contribution in [0.3, 0.4) is 0 Å². The third-order valence-corrected chi connectivity index (χ3v) is 26.0. The topological polar surface area (TPSA) is 68.3 Å². The highest BCUT2D eigenvalue weighted by atomic mass is 31.3. The van der Waals surface area contributed by atoms with Crippen LogP contribution in [0.5, 0.6) is 0 Å². The highest BCUT2D eigenvalue weighted by molar-refractivity contribution is 8.11. The summed E-state index contributed by atoms with van der Waals surface area (Å²) in [5.74, 6) is 0. The first-order valence-electron chi connectivity index (χ1n) is 5.20. The highest BCUT2D eigenvalue weighted by Crippen LogP contribution is 2.94. The van der Waals surface area contributed by atoms with Gasteiger partial charge in [0.05, 0.1) is 0 Å². The predicted octanol–water partition coefficient (Wildman–Crippen LogP) is 4.09. The molecule has 0 aromatic carbocycles. The monoisotopic (exact) mass is 320 g/mol. The summed E-state index contributed by atoms with van der Waals surface area (Å²) >= 11 is 0. The van der Waals surface area contributed by atoms with Gasteiger partial charge in [-0.2, -0.15) is 0 Å². The van der Waals surface area contributed by atoms with Crippen molar-refractivity contribution in [2.75, 3.05) is 53.3 Å². The Morgan fingerprint density at radius 1 is 0.471 bits per heavy atom. The van der Waals surface area contributed by atoms with Crippen molar-refractivity contribution in [3.8, 4) is 0 Å². The normalized spacial score (nSPS) is 16.0. The second-order valence-electron chi connectivity index (χ2n) is 6.00. The molecule has 0 aromatic heterocycles. The van der Waals surface area contributed by atoms with Crippen LogP contribution < -0.4 is 0 Å². The summed E-state index contributed by atoms with van der Waals surface area (Å²) in [5, 5.41) is 0. The average molecular weight is 320 g/mol. The second-order valence-corrected chi connectivity index (χ2v) is 21.6. The van der Waals surface area contributed by atoms with Gasteiger partial charge in [0.1, 0.15) is 28.6 Å². The van der Waals surface area contributed by atoms with Crippen LogP contribution in [0, 0.1) is 0 Å². The maximum absolute atomic E-state index is 12.7. The summed E-state index contributed by atoms with van der Waals surface area (Å²) in [6.45, 7) is 11.6. The van der Waals surface area contributed by atoms with Crippen LogP contribution in [0.25, 0.3) is 0 Å². The molecule has 0 unspecified atom stereocenters. The summed E-state index contributed by atoms with van der Waals surface area (Å²) in [5.41, 5.74) is 0. The molecule has 0 saturated heterocycles. The van der Waals surface area contributed by atoms with Crippen molar-refractivity contribution in [3.05, 3.63) is 0 Å². The van der Waals surface area contributed by atoms with E-state index in [2.05, 4.69) is 0 Å². The van der Waals surface area contributed by atoms with Crippen LogP contribution in [-0.4, -0.2) is 57.7 Å². The predicted molar refractivity (Wildman–Crippen MR) is 80.5 cm³/mol. The molecule has 0 aliphatic heterocycles. The number of hydrogen-bond acceptors (Lipinski definition) is 4. The van der Waals surface area contributed by atoms with Gasteiger partial charge >= 0.3 is 0 Å². The molecule has 0 N–H and O–H groups in total. The summed E-state index contributed by atoms with van der Waals surface area (Å²) in [6.07, 6.45) is 0. The summed E-state index contributed by atoms with van der Waals surface area (Å²) in [6, 6.07) is 0. The second kappa shape index (κ2) is 4.49. The molecule has 0 bridgehead atoms. The summed E-state index contributed by atoms with van der Waals surface area (Å²) < 4.78 is 49.1. The molecule has 0 aliphatic rings. The smallest absolute Gasteiger partial charge is 0.180 e. The van der Waals surface area contributed by atoms with E-state index in [1.807, 2.05) is 0 Å². The first-order valence-corrected chi connectivity index (χ1v) is 15.6. The van der Waals surface area contributed by atoms with Crippen molar-refractivity contribution >= 4 is 28.6 Å². The van der Waals surface area contributed by atoms with Gasteiger partial charge in [-0.25, -0.2) is 0 Å². The molecule has 0 atom stereocenters. The van der Waals surface area contributed by atoms with Gasteiger partial charge < -0.3 is 18.3 Å². The Balaban J connectivity index is 6.84. The fourth-order valence-electron chi connectivity index (χ4n) is 3.48. The van der Waals surface area contributed by atoms with Crippen LogP contribution in [0.4, 0.5) is 0 Å². The quantitative estimate of drug-likeness (QED) is 0.732.